The van der Waals surface area contributed by atoms with E-state index >= 15 is 0 Å². The van der Waals surface area contributed by atoms with Gasteiger partial charge in [-0.3, -0.25) is 9.69 Å². The average Bonchev–Trinajstić information content (AvgIpc) is 3.03. The highest BCUT2D eigenvalue weighted by Gasteiger charge is 2.39. The first-order valence-electron chi connectivity index (χ1n) is 8.79. The van der Waals surface area contributed by atoms with Gasteiger partial charge in [0.05, 0.1) is 13.2 Å². The van der Waals surface area contributed by atoms with Crippen molar-refractivity contribution >= 4 is 18.2 Å². The molecule has 10 heteroatoms. The molecule has 2 heterocycles. The lowest BCUT2D eigenvalue weighted by Gasteiger charge is -2.39. The maximum atomic E-state index is 12.0. The molecule has 10 nitrogen and oxygen atoms in total. The van der Waals surface area contributed by atoms with E-state index in [1.165, 1.54) is 16.9 Å². The number of carbonyl (C=O) groups is 3. The summed E-state index contributed by atoms with van der Waals surface area (Å²) in [5.41, 5.74) is 0. The van der Waals surface area contributed by atoms with Gasteiger partial charge < -0.3 is 30.1 Å². The van der Waals surface area contributed by atoms with Crippen molar-refractivity contribution < 1.29 is 29.3 Å². The summed E-state index contributed by atoms with van der Waals surface area (Å²) in [6.45, 7) is 5.47. The van der Waals surface area contributed by atoms with Crippen LogP contribution in [0.5, 0.6) is 0 Å². The summed E-state index contributed by atoms with van der Waals surface area (Å²) in [4.78, 5) is 39.2. The van der Waals surface area contributed by atoms with Gasteiger partial charge in [0.15, 0.2) is 0 Å². The number of methoxy groups -OCH3 is 1. The van der Waals surface area contributed by atoms with Crippen molar-refractivity contribution in [2.24, 2.45) is 0 Å². The minimum Gasteiger partial charge on any atom is -0.468 e. The fourth-order valence-electron chi connectivity index (χ4n) is 3.71. The highest BCUT2D eigenvalue weighted by Crippen LogP contribution is 2.22. The molecule has 2 saturated heterocycles. The number of hydrogen-bond acceptors (Lipinski definition) is 6. The summed E-state index contributed by atoms with van der Waals surface area (Å²) >= 11 is 0. The third-order valence-electron chi connectivity index (χ3n) is 5.12. The Labute approximate surface area is 152 Å². The van der Waals surface area contributed by atoms with Crippen LogP contribution in [-0.4, -0.2) is 107 Å². The summed E-state index contributed by atoms with van der Waals surface area (Å²) in [7, 11) is 1.37. The van der Waals surface area contributed by atoms with Crippen molar-refractivity contribution in [2.75, 3.05) is 39.8 Å². The van der Waals surface area contributed by atoms with Crippen molar-refractivity contribution in [3.8, 4) is 0 Å². The number of likely N-dealkylation sites (tertiary alicyclic amines) is 1. The summed E-state index contributed by atoms with van der Waals surface area (Å²) < 4.78 is 4.88. The fraction of sp³-hybridized carbons (Fsp3) is 0.812. The maximum Gasteiger partial charge on any atom is 0.407 e. The number of amides is 2. The van der Waals surface area contributed by atoms with Gasteiger partial charge in [-0.1, -0.05) is 0 Å². The van der Waals surface area contributed by atoms with E-state index in [4.69, 9.17) is 9.84 Å². The minimum atomic E-state index is -1.05. The third-order valence-corrected chi connectivity index (χ3v) is 5.12. The van der Waals surface area contributed by atoms with Crippen LogP contribution in [0.4, 0.5) is 9.59 Å². The van der Waals surface area contributed by atoms with Crippen LogP contribution in [-0.2, 0) is 9.53 Å². The summed E-state index contributed by atoms with van der Waals surface area (Å²) in [5, 5.41) is 21.8. The van der Waals surface area contributed by atoms with Crippen LogP contribution >= 0.6 is 0 Å². The lowest BCUT2D eigenvalue weighted by atomic mass is 10.1. The Kier molecular flexibility index (Phi) is 6.65. The smallest absolute Gasteiger partial charge is 0.407 e. The molecule has 0 unspecified atom stereocenters. The number of ether oxygens (including phenoxy) is 1. The summed E-state index contributed by atoms with van der Waals surface area (Å²) in [6, 6.07) is -0.590. The van der Waals surface area contributed by atoms with Gasteiger partial charge in [-0.05, 0) is 20.3 Å². The number of hydrogen-bond donors (Lipinski definition) is 3. The van der Waals surface area contributed by atoms with Gasteiger partial charge in [0.1, 0.15) is 6.04 Å². The average molecular weight is 372 g/mol. The number of carbonyl (C=O) groups excluding carboxylic acids is 1. The van der Waals surface area contributed by atoms with Crippen molar-refractivity contribution in [2.45, 2.75) is 44.4 Å². The van der Waals surface area contributed by atoms with Crippen LogP contribution in [0.25, 0.3) is 0 Å². The van der Waals surface area contributed by atoms with Gasteiger partial charge in [0.25, 0.3) is 0 Å². The SMILES string of the molecule is COC(=O)[C@@H]1C[C@@H](NC[C@@H]2CN(C(=O)O)CCN2C(=O)O)CN1C(C)C. The Balaban J connectivity index is 1.98. The molecule has 2 fully saturated rings. The van der Waals surface area contributed by atoms with Crippen LogP contribution in [0.1, 0.15) is 20.3 Å². The first-order chi connectivity index (χ1) is 12.2. The molecule has 26 heavy (non-hydrogen) atoms. The van der Waals surface area contributed by atoms with E-state index < -0.39 is 18.2 Å². The molecule has 3 N–H and O–H groups in total. The predicted octanol–water partition coefficient (Wildman–Crippen LogP) is -0.0575. The molecule has 0 aromatic heterocycles. The Bertz CT molecular complexity index is 543. The van der Waals surface area contributed by atoms with Crippen molar-refractivity contribution in [1.29, 1.82) is 0 Å². The van der Waals surface area contributed by atoms with Gasteiger partial charge in [-0.25, -0.2) is 9.59 Å². The molecular weight excluding hydrogens is 344 g/mol. The zero-order valence-electron chi connectivity index (χ0n) is 15.4. The molecule has 0 bridgehead atoms. The zero-order valence-corrected chi connectivity index (χ0v) is 15.4. The second-order valence-electron chi connectivity index (χ2n) is 7.03. The number of rotatable bonds is 5. The molecule has 148 valence electrons. The predicted molar refractivity (Wildman–Crippen MR) is 92.2 cm³/mol. The number of nitrogens with zero attached hydrogens (tertiary/aromatic N) is 3. The quantitative estimate of drug-likeness (QED) is 0.574. The Morgan fingerprint density at radius 3 is 2.38 bits per heavy atom. The van der Waals surface area contributed by atoms with E-state index in [-0.39, 0.29) is 43.7 Å². The van der Waals surface area contributed by atoms with Gasteiger partial charge in [-0.2, -0.15) is 0 Å². The van der Waals surface area contributed by atoms with Crippen LogP contribution in [0, 0.1) is 0 Å². The monoisotopic (exact) mass is 372 g/mol. The fourth-order valence-corrected chi connectivity index (χ4v) is 3.71. The Morgan fingerprint density at radius 1 is 1.15 bits per heavy atom. The van der Waals surface area contributed by atoms with Crippen molar-refractivity contribution in [1.82, 2.24) is 20.0 Å². The minimum absolute atomic E-state index is 0.0114. The Hall–Kier alpha value is -2.07. The molecule has 0 radical (unpaired) electrons. The van der Waals surface area contributed by atoms with E-state index in [0.717, 1.165) is 0 Å². The molecule has 0 aliphatic carbocycles. The molecule has 2 aliphatic heterocycles. The number of nitrogens with one attached hydrogen (secondary N) is 1. The highest BCUT2D eigenvalue weighted by atomic mass is 16.5. The van der Waals surface area contributed by atoms with E-state index in [0.29, 0.717) is 19.5 Å². The molecule has 2 aliphatic rings. The molecule has 2 amide bonds. The number of piperazine rings is 1. The van der Waals surface area contributed by atoms with Gasteiger partial charge >= 0.3 is 18.2 Å². The molecule has 0 saturated carbocycles. The van der Waals surface area contributed by atoms with Gasteiger partial charge in [0.2, 0.25) is 0 Å². The molecule has 0 spiro atoms. The van der Waals surface area contributed by atoms with E-state index in [2.05, 4.69) is 10.2 Å². The third kappa shape index (κ3) is 4.55. The lowest BCUT2D eigenvalue weighted by molar-refractivity contribution is -0.146. The van der Waals surface area contributed by atoms with Crippen LogP contribution < -0.4 is 5.32 Å². The van der Waals surface area contributed by atoms with E-state index in [1.54, 1.807) is 0 Å². The Morgan fingerprint density at radius 2 is 1.85 bits per heavy atom. The molecule has 0 aromatic carbocycles. The topological polar surface area (TPSA) is 123 Å². The molecular formula is C16H28N4O6. The zero-order chi connectivity index (χ0) is 19.4. The second-order valence-corrected chi connectivity index (χ2v) is 7.03. The normalized spacial score (nSPS) is 27.0. The van der Waals surface area contributed by atoms with Gasteiger partial charge in [0, 0.05) is 44.8 Å². The van der Waals surface area contributed by atoms with Gasteiger partial charge in [-0.15, -0.1) is 0 Å². The number of esters is 1. The second kappa shape index (κ2) is 8.54. The first kappa shape index (κ1) is 20.2. The van der Waals surface area contributed by atoms with E-state index in [1.807, 2.05) is 13.8 Å². The largest absolute Gasteiger partial charge is 0.468 e. The first-order valence-corrected chi connectivity index (χ1v) is 8.79. The highest BCUT2D eigenvalue weighted by molar-refractivity contribution is 5.76. The summed E-state index contributed by atoms with van der Waals surface area (Å²) in [5.74, 6) is -0.273. The lowest BCUT2D eigenvalue weighted by Crippen LogP contribution is -2.59. The molecule has 2 rings (SSSR count). The molecule has 3 atom stereocenters. The molecule has 0 aromatic rings. The standard InChI is InChI=1S/C16H28N4O6/c1-10(2)20-8-11(6-13(20)14(21)26-3)17-7-12-9-18(15(22)23)4-5-19(12)16(24)25/h10-13,17H,4-9H2,1-3H3,(H,22,23)(H,24,25)/t11-,12-,13+/m1/s1. The van der Waals surface area contributed by atoms with Crippen LogP contribution in [0.3, 0.4) is 0 Å². The number of carboxylic acid groups (broad SMARTS) is 2. The van der Waals surface area contributed by atoms with Crippen LogP contribution in [0.2, 0.25) is 0 Å². The van der Waals surface area contributed by atoms with E-state index in [9.17, 15) is 19.5 Å². The summed E-state index contributed by atoms with van der Waals surface area (Å²) in [6.07, 6.45) is -1.52. The van der Waals surface area contributed by atoms with Crippen LogP contribution in [0.15, 0.2) is 0 Å². The van der Waals surface area contributed by atoms with Crippen molar-refractivity contribution in [3.05, 3.63) is 0 Å². The maximum absolute atomic E-state index is 12.0. The van der Waals surface area contributed by atoms with Crippen molar-refractivity contribution in [3.63, 3.8) is 0 Å².